The van der Waals surface area contributed by atoms with Crippen molar-refractivity contribution in [1.29, 1.82) is 0 Å². The molecule has 0 spiro atoms. The van der Waals surface area contributed by atoms with Crippen LogP contribution in [0.2, 0.25) is 5.02 Å². The largest absolute Gasteiger partial charge is 0.337 e. The number of halogens is 2. The fraction of sp³-hybridized carbons (Fsp3) is 0.167. The van der Waals surface area contributed by atoms with E-state index < -0.39 is 0 Å². The van der Waals surface area contributed by atoms with Gasteiger partial charge in [0.1, 0.15) is 10.7 Å². The average Bonchev–Trinajstić information content (AvgIpc) is 2.85. The molecular weight excluding hydrogens is 333 g/mol. The van der Waals surface area contributed by atoms with Gasteiger partial charge in [-0.3, -0.25) is 4.79 Å². The van der Waals surface area contributed by atoms with Crippen molar-refractivity contribution in [3.63, 3.8) is 0 Å². The molecule has 1 amide bonds. The monoisotopic (exact) mass is 347 g/mol. The predicted octanol–water partition coefficient (Wildman–Crippen LogP) is 5.27. The first-order valence-electron chi connectivity index (χ1n) is 7.15. The van der Waals surface area contributed by atoms with Crippen molar-refractivity contribution < 1.29 is 9.18 Å². The summed E-state index contributed by atoms with van der Waals surface area (Å²) in [6, 6.07) is 12.3. The molecule has 0 fully saturated rings. The summed E-state index contributed by atoms with van der Waals surface area (Å²) < 4.78 is 14.0. The van der Waals surface area contributed by atoms with Crippen LogP contribution in [0.4, 0.5) is 4.39 Å². The number of nitrogens with zero attached hydrogens (tertiary/aromatic N) is 1. The van der Waals surface area contributed by atoms with Gasteiger partial charge < -0.3 is 4.90 Å². The highest BCUT2D eigenvalue weighted by Gasteiger charge is 2.21. The smallest absolute Gasteiger partial charge is 0.265 e. The van der Waals surface area contributed by atoms with Gasteiger partial charge in [0, 0.05) is 23.7 Å². The number of aryl methyl sites for hydroxylation is 1. The highest BCUT2D eigenvalue weighted by atomic mass is 35.5. The normalized spacial score (nSPS) is 11.0. The van der Waals surface area contributed by atoms with E-state index in [9.17, 15) is 9.18 Å². The predicted molar refractivity (Wildman–Crippen MR) is 93.8 cm³/mol. The van der Waals surface area contributed by atoms with Crippen molar-refractivity contribution in [3.05, 3.63) is 69.3 Å². The second-order valence-corrected chi connectivity index (χ2v) is 6.90. The molecule has 0 bridgehead atoms. The molecule has 5 heteroatoms. The minimum absolute atomic E-state index is 0.153. The highest BCUT2D eigenvalue weighted by Crippen LogP contribution is 2.36. The number of rotatable bonds is 3. The van der Waals surface area contributed by atoms with Gasteiger partial charge in [0.15, 0.2) is 0 Å². The first kappa shape index (κ1) is 16.0. The summed E-state index contributed by atoms with van der Waals surface area (Å²) in [7, 11) is 1.75. The van der Waals surface area contributed by atoms with Gasteiger partial charge in [-0.05, 0) is 36.2 Å². The molecule has 0 atom stereocenters. The number of hydrogen-bond donors (Lipinski definition) is 0. The fourth-order valence-electron chi connectivity index (χ4n) is 2.46. The second kappa shape index (κ2) is 6.30. The van der Waals surface area contributed by atoms with Gasteiger partial charge >= 0.3 is 0 Å². The van der Waals surface area contributed by atoms with Crippen molar-refractivity contribution in [3.8, 4) is 0 Å². The second-order valence-electron chi connectivity index (χ2n) is 5.47. The molecule has 1 heterocycles. The van der Waals surface area contributed by atoms with Gasteiger partial charge in [-0.1, -0.05) is 35.9 Å². The van der Waals surface area contributed by atoms with E-state index in [1.165, 1.54) is 23.5 Å². The lowest BCUT2D eigenvalue weighted by Gasteiger charge is -2.18. The van der Waals surface area contributed by atoms with Gasteiger partial charge in [0.05, 0.1) is 5.02 Å². The molecule has 0 saturated heterocycles. The Morgan fingerprint density at radius 2 is 2.00 bits per heavy atom. The summed E-state index contributed by atoms with van der Waals surface area (Å²) >= 11 is 7.55. The zero-order valence-electron chi connectivity index (χ0n) is 12.8. The summed E-state index contributed by atoms with van der Waals surface area (Å²) in [5.74, 6) is -0.484. The lowest BCUT2D eigenvalue weighted by Crippen LogP contribution is -2.26. The Labute approximate surface area is 143 Å². The third-order valence-electron chi connectivity index (χ3n) is 3.80. The molecular formula is C18H15ClFNOS. The van der Waals surface area contributed by atoms with E-state index in [1.54, 1.807) is 18.0 Å². The van der Waals surface area contributed by atoms with Crippen LogP contribution in [0, 0.1) is 12.7 Å². The SMILES string of the molecule is Cc1ccccc1CN(C)C(=O)c1sc2cc(F)ccc2c1Cl. The van der Waals surface area contributed by atoms with Crippen LogP contribution >= 0.6 is 22.9 Å². The molecule has 2 nitrogen and oxygen atoms in total. The molecule has 118 valence electrons. The maximum absolute atomic E-state index is 13.3. The zero-order chi connectivity index (χ0) is 16.6. The third-order valence-corrected chi connectivity index (χ3v) is 5.45. The number of amides is 1. The quantitative estimate of drug-likeness (QED) is 0.631. The van der Waals surface area contributed by atoms with Crippen LogP contribution in [-0.4, -0.2) is 17.9 Å². The Morgan fingerprint density at radius 3 is 2.74 bits per heavy atom. The lowest BCUT2D eigenvalue weighted by atomic mass is 10.1. The molecule has 0 unspecified atom stereocenters. The van der Waals surface area contributed by atoms with Crippen LogP contribution in [0.15, 0.2) is 42.5 Å². The maximum atomic E-state index is 13.3. The van der Waals surface area contributed by atoms with Gasteiger partial charge in [-0.2, -0.15) is 0 Å². The molecule has 2 aromatic carbocycles. The van der Waals surface area contributed by atoms with E-state index in [4.69, 9.17) is 11.6 Å². The van der Waals surface area contributed by atoms with Crippen LogP contribution in [0.3, 0.4) is 0 Å². The van der Waals surface area contributed by atoms with E-state index in [0.29, 0.717) is 26.5 Å². The summed E-state index contributed by atoms with van der Waals surface area (Å²) in [6.45, 7) is 2.52. The summed E-state index contributed by atoms with van der Waals surface area (Å²) in [5.41, 5.74) is 2.23. The molecule has 0 aliphatic heterocycles. The topological polar surface area (TPSA) is 20.3 Å². The Morgan fingerprint density at radius 1 is 1.26 bits per heavy atom. The number of carbonyl (C=O) groups excluding carboxylic acids is 1. The van der Waals surface area contributed by atoms with Crippen LogP contribution < -0.4 is 0 Å². The Hall–Kier alpha value is -1.91. The first-order valence-corrected chi connectivity index (χ1v) is 8.34. The number of carbonyl (C=O) groups is 1. The summed E-state index contributed by atoms with van der Waals surface area (Å²) in [5, 5.41) is 1.11. The molecule has 3 rings (SSSR count). The van der Waals surface area contributed by atoms with Crippen LogP contribution in [0.1, 0.15) is 20.8 Å². The molecule has 0 aliphatic rings. The van der Waals surface area contributed by atoms with Gasteiger partial charge in [0.2, 0.25) is 0 Å². The Kier molecular flexibility index (Phi) is 4.37. The van der Waals surface area contributed by atoms with Crippen molar-refractivity contribution >= 4 is 38.9 Å². The van der Waals surface area contributed by atoms with Crippen molar-refractivity contribution in [2.24, 2.45) is 0 Å². The fourth-order valence-corrected chi connectivity index (χ4v) is 4.00. The maximum Gasteiger partial charge on any atom is 0.265 e. The van der Waals surface area contributed by atoms with Crippen molar-refractivity contribution in [2.45, 2.75) is 13.5 Å². The van der Waals surface area contributed by atoms with Crippen molar-refractivity contribution in [2.75, 3.05) is 7.05 Å². The van der Waals surface area contributed by atoms with Crippen LogP contribution in [0.5, 0.6) is 0 Å². The number of fused-ring (bicyclic) bond motifs is 1. The number of thiophene rings is 1. The third kappa shape index (κ3) is 3.09. The lowest BCUT2D eigenvalue weighted by molar-refractivity contribution is 0.0790. The van der Waals surface area contributed by atoms with Crippen molar-refractivity contribution in [1.82, 2.24) is 4.90 Å². The van der Waals surface area contributed by atoms with E-state index in [-0.39, 0.29) is 11.7 Å². The molecule has 23 heavy (non-hydrogen) atoms. The van der Waals surface area contributed by atoms with E-state index in [1.807, 2.05) is 31.2 Å². The van der Waals surface area contributed by atoms with Crippen LogP contribution in [-0.2, 0) is 6.54 Å². The molecule has 0 aliphatic carbocycles. The summed E-state index contributed by atoms with van der Waals surface area (Å²) in [6.07, 6.45) is 0. The first-order chi connectivity index (χ1) is 11.0. The average molecular weight is 348 g/mol. The molecule has 3 aromatic rings. The highest BCUT2D eigenvalue weighted by molar-refractivity contribution is 7.21. The Balaban J connectivity index is 1.91. The van der Waals surface area contributed by atoms with E-state index >= 15 is 0 Å². The van der Waals surface area contributed by atoms with Gasteiger partial charge in [-0.15, -0.1) is 11.3 Å². The molecule has 0 N–H and O–H groups in total. The zero-order valence-corrected chi connectivity index (χ0v) is 14.3. The Bertz CT molecular complexity index is 890. The summed E-state index contributed by atoms with van der Waals surface area (Å²) in [4.78, 5) is 14.8. The number of benzene rings is 2. The van der Waals surface area contributed by atoms with Gasteiger partial charge in [0.25, 0.3) is 5.91 Å². The standard InChI is InChI=1S/C18H15ClFNOS/c1-11-5-3-4-6-12(11)10-21(2)18(22)17-16(19)14-8-7-13(20)9-15(14)23-17/h3-9H,10H2,1-2H3. The minimum atomic E-state index is -0.331. The molecule has 1 aromatic heterocycles. The van der Waals surface area contributed by atoms with Crippen LogP contribution in [0.25, 0.3) is 10.1 Å². The molecule has 0 radical (unpaired) electrons. The minimum Gasteiger partial charge on any atom is -0.337 e. The number of hydrogen-bond acceptors (Lipinski definition) is 2. The van der Waals surface area contributed by atoms with E-state index in [0.717, 1.165) is 11.1 Å². The van der Waals surface area contributed by atoms with Gasteiger partial charge in [-0.25, -0.2) is 4.39 Å². The van der Waals surface area contributed by atoms with E-state index in [2.05, 4.69) is 0 Å². The molecule has 0 saturated carbocycles.